The van der Waals surface area contributed by atoms with Crippen LogP contribution in [0.5, 0.6) is 0 Å². The van der Waals surface area contributed by atoms with Crippen LogP contribution in [0.1, 0.15) is 37.7 Å². The number of carbonyl (C=O) groups excluding carboxylic acids is 2. The van der Waals surface area contributed by atoms with E-state index >= 15 is 0 Å². The van der Waals surface area contributed by atoms with Crippen LogP contribution in [-0.4, -0.2) is 49.7 Å². The highest BCUT2D eigenvalue weighted by molar-refractivity contribution is 7.89. The van der Waals surface area contributed by atoms with Gasteiger partial charge in [0.05, 0.1) is 10.6 Å². The van der Waals surface area contributed by atoms with E-state index in [9.17, 15) is 18.0 Å². The van der Waals surface area contributed by atoms with Gasteiger partial charge in [-0.05, 0) is 43.7 Å². The maximum Gasteiger partial charge on any atom is 0.338 e. The number of carbonyl (C=O) groups is 2. The van der Waals surface area contributed by atoms with E-state index in [-0.39, 0.29) is 21.3 Å². The summed E-state index contributed by atoms with van der Waals surface area (Å²) in [6.45, 7) is 3.92. The molecular formula is C24H25ClN2O5S. The van der Waals surface area contributed by atoms with Crippen LogP contribution in [0.15, 0.2) is 59.5 Å². The molecule has 0 saturated carbocycles. The van der Waals surface area contributed by atoms with Gasteiger partial charge >= 0.3 is 5.97 Å². The maximum absolute atomic E-state index is 12.8. The number of halogens is 1. The number of benzene rings is 2. The Labute approximate surface area is 198 Å². The van der Waals surface area contributed by atoms with Crippen LogP contribution in [0, 0.1) is 13.8 Å². The molecule has 0 radical (unpaired) electrons. The molecule has 0 aliphatic rings. The van der Waals surface area contributed by atoms with Gasteiger partial charge in [-0.2, -0.15) is 0 Å². The lowest BCUT2D eigenvalue weighted by atomic mass is 10.1. The molecule has 0 unspecified atom stereocenters. The van der Waals surface area contributed by atoms with Crippen molar-refractivity contribution in [1.82, 2.24) is 8.87 Å². The van der Waals surface area contributed by atoms with Gasteiger partial charge in [0.1, 0.15) is 4.90 Å². The monoisotopic (exact) mass is 488 g/mol. The number of esters is 1. The first-order valence-electron chi connectivity index (χ1n) is 10.2. The van der Waals surface area contributed by atoms with E-state index in [0.717, 1.165) is 27.3 Å². The fourth-order valence-corrected chi connectivity index (χ4v) is 4.80. The van der Waals surface area contributed by atoms with Gasteiger partial charge in [-0.15, -0.1) is 0 Å². The van der Waals surface area contributed by atoms with Crippen molar-refractivity contribution in [2.45, 2.75) is 25.3 Å². The summed E-state index contributed by atoms with van der Waals surface area (Å²) >= 11 is 6.02. The van der Waals surface area contributed by atoms with Crippen molar-refractivity contribution in [1.29, 1.82) is 0 Å². The number of rotatable bonds is 8. The number of aromatic nitrogens is 1. The Bertz CT molecular complexity index is 1300. The number of hydrogen-bond acceptors (Lipinski definition) is 5. The lowest BCUT2D eigenvalue weighted by Gasteiger charge is -2.13. The van der Waals surface area contributed by atoms with Crippen molar-refractivity contribution in [2.75, 3.05) is 20.7 Å². The lowest BCUT2D eigenvalue weighted by Crippen LogP contribution is -2.23. The summed E-state index contributed by atoms with van der Waals surface area (Å²) in [6.07, 6.45) is 0. The van der Waals surface area contributed by atoms with E-state index in [2.05, 4.69) is 0 Å². The molecule has 3 aromatic rings. The first kappa shape index (κ1) is 24.7. The van der Waals surface area contributed by atoms with Gasteiger partial charge in [-0.1, -0.05) is 41.9 Å². The van der Waals surface area contributed by atoms with Gasteiger partial charge in [0.15, 0.2) is 6.61 Å². The summed E-state index contributed by atoms with van der Waals surface area (Å²) in [4.78, 5) is 25.1. The second-order valence-corrected chi connectivity index (χ2v) is 10.3. The summed E-state index contributed by atoms with van der Waals surface area (Å²) in [5, 5.41) is -0.0119. The van der Waals surface area contributed by atoms with E-state index in [1.54, 1.807) is 6.07 Å². The predicted molar refractivity (Wildman–Crippen MR) is 126 cm³/mol. The Morgan fingerprint density at radius 3 is 2.33 bits per heavy atom. The minimum absolute atomic E-state index is 0.0119. The Kier molecular flexibility index (Phi) is 7.41. The average Bonchev–Trinajstić information content (AvgIpc) is 3.06. The first-order valence-corrected chi connectivity index (χ1v) is 12.0. The average molecular weight is 489 g/mol. The third-order valence-corrected chi connectivity index (χ3v) is 7.61. The highest BCUT2D eigenvalue weighted by atomic mass is 35.5. The molecule has 0 saturated heterocycles. The predicted octanol–water partition coefficient (Wildman–Crippen LogP) is 4.10. The van der Waals surface area contributed by atoms with Crippen LogP contribution < -0.4 is 0 Å². The molecule has 0 amide bonds. The lowest BCUT2D eigenvalue weighted by molar-refractivity contribution is 0.0474. The van der Waals surface area contributed by atoms with Crippen molar-refractivity contribution in [3.8, 4) is 0 Å². The number of hydrogen-bond donors (Lipinski definition) is 0. The Morgan fingerprint density at radius 2 is 1.70 bits per heavy atom. The van der Waals surface area contributed by atoms with E-state index in [1.165, 1.54) is 26.2 Å². The molecule has 0 bridgehead atoms. The quantitative estimate of drug-likeness (QED) is 0.352. The molecule has 1 aromatic heterocycles. The number of ketones is 1. The Balaban J connectivity index is 1.74. The van der Waals surface area contributed by atoms with Crippen molar-refractivity contribution < 1.29 is 22.7 Å². The van der Waals surface area contributed by atoms with Crippen LogP contribution in [0.4, 0.5) is 0 Å². The molecule has 9 heteroatoms. The van der Waals surface area contributed by atoms with Crippen molar-refractivity contribution >= 4 is 33.4 Å². The van der Waals surface area contributed by atoms with Crippen LogP contribution in [0.3, 0.4) is 0 Å². The molecular weight excluding hydrogens is 464 g/mol. The van der Waals surface area contributed by atoms with Gasteiger partial charge in [-0.25, -0.2) is 17.5 Å². The maximum atomic E-state index is 12.8. The topological polar surface area (TPSA) is 85.7 Å². The standard InChI is InChI=1S/C24H25ClN2O5S/c1-16-12-20(17(2)27(16)14-18-8-6-5-7-9-18)22(28)15-32-24(29)19-10-11-21(25)23(13-19)33(30,31)26(3)4/h5-13H,14-15H2,1-4H3. The molecule has 1 heterocycles. The van der Waals surface area contributed by atoms with Crippen LogP contribution in [0.25, 0.3) is 0 Å². The summed E-state index contributed by atoms with van der Waals surface area (Å²) in [5.74, 6) is -1.15. The van der Waals surface area contributed by atoms with E-state index in [0.29, 0.717) is 12.1 Å². The molecule has 2 aromatic carbocycles. The normalized spacial score (nSPS) is 11.6. The minimum atomic E-state index is -3.85. The molecule has 33 heavy (non-hydrogen) atoms. The minimum Gasteiger partial charge on any atom is -0.454 e. The molecule has 0 N–H and O–H groups in total. The summed E-state index contributed by atoms with van der Waals surface area (Å²) in [5.41, 5.74) is 3.27. The number of ether oxygens (including phenoxy) is 1. The Morgan fingerprint density at radius 1 is 1.03 bits per heavy atom. The number of aryl methyl sites for hydroxylation is 1. The SMILES string of the molecule is Cc1cc(C(=O)COC(=O)c2ccc(Cl)c(S(=O)(=O)N(C)C)c2)c(C)n1Cc1ccccc1. The second-order valence-electron chi connectivity index (χ2n) is 7.79. The second kappa shape index (κ2) is 9.91. The van der Waals surface area contributed by atoms with Crippen LogP contribution >= 0.6 is 11.6 Å². The fourth-order valence-electron chi connectivity index (χ4n) is 3.41. The number of nitrogens with zero attached hydrogens (tertiary/aromatic N) is 2. The first-order chi connectivity index (χ1) is 15.5. The summed E-state index contributed by atoms with van der Waals surface area (Å²) < 4.78 is 33.0. The summed E-state index contributed by atoms with van der Waals surface area (Å²) in [7, 11) is -1.12. The highest BCUT2D eigenvalue weighted by Crippen LogP contribution is 2.25. The van der Waals surface area contributed by atoms with E-state index in [4.69, 9.17) is 16.3 Å². The van der Waals surface area contributed by atoms with Crippen LogP contribution in [0.2, 0.25) is 5.02 Å². The third-order valence-electron chi connectivity index (χ3n) is 5.32. The molecule has 0 aliphatic carbocycles. The third kappa shape index (κ3) is 5.35. The smallest absolute Gasteiger partial charge is 0.338 e. The van der Waals surface area contributed by atoms with Crippen molar-refractivity contribution in [3.05, 3.63) is 87.7 Å². The van der Waals surface area contributed by atoms with Crippen molar-refractivity contribution in [2.24, 2.45) is 0 Å². The Hall–Kier alpha value is -2.94. The van der Waals surface area contributed by atoms with Crippen molar-refractivity contribution in [3.63, 3.8) is 0 Å². The fraction of sp³-hybridized carbons (Fsp3) is 0.250. The van der Waals surface area contributed by atoms with Gasteiger partial charge in [0.25, 0.3) is 0 Å². The molecule has 0 atom stereocenters. The molecule has 174 valence electrons. The van der Waals surface area contributed by atoms with E-state index in [1.807, 2.05) is 48.7 Å². The zero-order valence-corrected chi connectivity index (χ0v) is 20.4. The van der Waals surface area contributed by atoms with Crippen LogP contribution in [-0.2, 0) is 21.3 Å². The number of sulfonamides is 1. The zero-order chi connectivity index (χ0) is 24.3. The summed E-state index contributed by atoms with van der Waals surface area (Å²) in [6, 6.07) is 15.5. The van der Waals surface area contributed by atoms with Gasteiger partial charge in [-0.3, -0.25) is 4.79 Å². The number of Topliss-reactive ketones (excluding diaryl/α,β-unsaturated/α-hetero) is 1. The van der Waals surface area contributed by atoms with Gasteiger partial charge < -0.3 is 9.30 Å². The van der Waals surface area contributed by atoms with Gasteiger partial charge in [0.2, 0.25) is 15.8 Å². The molecule has 3 rings (SSSR count). The van der Waals surface area contributed by atoms with Gasteiger partial charge in [0, 0.05) is 37.6 Å². The van der Waals surface area contributed by atoms with E-state index < -0.39 is 22.6 Å². The molecule has 7 nitrogen and oxygen atoms in total. The molecule has 0 spiro atoms. The zero-order valence-electron chi connectivity index (χ0n) is 18.8. The molecule has 0 fully saturated rings. The highest BCUT2D eigenvalue weighted by Gasteiger charge is 2.24. The molecule has 0 aliphatic heterocycles. The largest absolute Gasteiger partial charge is 0.454 e.